The van der Waals surface area contributed by atoms with Crippen molar-refractivity contribution in [2.45, 2.75) is 38.8 Å². The maximum atomic E-state index is 10.6. The van der Waals surface area contributed by atoms with E-state index in [1.54, 1.807) is 6.20 Å². The number of aliphatic hydroxyl groups excluding tert-OH is 1. The van der Waals surface area contributed by atoms with Gasteiger partial charge in [-0.05, 0) is 38.8 Å². The Hall–Kier alpha value is -0.580. The number of aromatic nitrogens is 2. The van der Waals surface area contributed by atoms with Crippen LogP contribution in [-0.4, -0.2) is 40.4 Å². The molecule has 1 aliphatic carbocycles. The monoisotopic (exact) mass is 285 g/mol. The second-order valence-electron chi connectivity index (χ2n) is 6.03. The van der Waals surface area contributed by atoms with Crippen LogP contribution >= 0.6 is 11.6 Å². The number of hydrogen-bond donors (Lipinski definition) is 1. The van der Waals surface area contributed by atoms with E-state index in [1.165, 1.54) is 6.42 Å². The Labute approximate surface area is 120 Å². The molecule has 1 saturated carbocycles. The van der Waals surface area contributed by atoms with E-state index in [4.69, 9.17) is 11.6 Å². The van der Waals surface area contributed by atoms with Gasteiger partial charge in [0.2, 0.25) is 0 Å². The molecule has 1 aromatic heterocycles. The maximum absolute atomic E-state index is 10.6. The average Bonchev–Trinajstić information content (AvgIpc) is 2.92. The molecule has 0 amide bonds. The highest BCUT2D eigenvalue weighted by atomic mass is 35.5. The Morgan fingerprint density at radius 1 is 1.53 bits per heavy atom. The average molecular weight is 286 g/mol. The van der Waals surface area contributed by atoms with Gasteiger partial charge in [-0.3, -0.25) is 4.68 Å². The molecule has 1 aromatic rings. The number of hydrogen-bond acceptors (Lipinski definition) is 3. The summed E-state index contributed by atoms with van der Waals surface area (Å²) in [5, 5.41) is 15.5. The van der Waals surface area contributed by atoms with Gasteiger partial charge in [-0.1, -0.05) is 24.9 Å². The van der Waals surface area contributed by atoms with Gasteiger partial charge in [0, 0.05) is 6.54 Å². The number of aliphatic hydroxyl groups is 1. The van der Waals surface area contributed by atoms with Crippen LogP contribution in [0.15, 0.2) is 6.20 Å². The lowest BCUT2D eigenvalue weighted by Gasteiger charge is -2.20. The van der Waals surface area contributed by atoms with Gasteiger partial charge in [0.05, 0.1) is 29.6 Å². The first-order valence-electron chi connectivity index (χ1n) is 7.03. The van der Waals surface area contributed by atoms with Gasteiger partial charge < -0.3 is 10.0 Å². The van der Waals surface area contributed by atoms with Gasteiger partial charge in [-0.2, -0.15) is 5.10 Å². The van der Waals surface area contributed by atoms with Crippen LogP contribution in [0.2, 0.25) is 5.02 Å². The molecule has 0 bridgehead atoms. The summed E-state index contributed by atoms with van der Waals surface area (Å²) in [5.41, 5.74) is 0.794. The molecule has 4 nitrogen and oxygen atoms in total. The molecular formula is C14H24ClN3O. The Kier molecular flexibility index (Phi) is 4.87. The molecule has 0 spiro atoms. The molecular weight excluding hydrogens is 262 g/mol. The first-order valence-corrected chi connectivity index (χ1v) is 7.40. The summed E-state index contributed by atoms with van der Waals surface area (Å²) in [5.74, 6) is 1.03. The van der Waals surface area contributed by atoms with E-state index >= 15 is 0 Å². The van der Waals surface area contributed by atoms with Crippen molar-refractivity contribution in [1.82, 2.24) is 14.7 Å². The standard InChI is InChI=1S/C14H24ClN3O/c1-10-4-5-11(8-10)14(19)13-12(15)9-16-18(13)7-6-17(2)3/h9-11,14,19H,4-8H2,1-3H3. The van der Waals surface area contributed by atoms with E-state index in [-0.39, 0.29) is 0 Å². The van der Waals surface area contributed by atoms with Crippen LogP contribution in [0.3, 0.4) is 0 Å². The predicted molar refractivity (Wildman–Crippen MR) is 77.3 cm³/mol. The normalized spacial score (nSPS) is 25.2. The zero-order valence-corrected chi connectivity index (χ0v) is 12.8. The van der Waals surface area contributed by atoms with Gasteiger partial charge in [-0.15, -0.1) is 0 Å². The molecule has 3 unspecified atom stereocenters. The molecule has 108 valence electrons. The zero-order chi connectivity index (χ0) is 14.0. The van der Waals surface area contributed by atoms with Crippen molar-refractivity contribution in [2.75, 3.05) is 20.6 Å². The maximum Gasteiger partial charge on any atom is 0.0999 e. The molecule has 1 N–H and O–H groups in total. The van der Waals surface area contributed by atoms with E-state index in [1.807, 2.05) is 18.8 Å². The molecule has 0 saturated heterocycles. The molecule has 5 heteroatoms. The van der Waals surface area contributed by atoms with E-state index < -0.39 is 6.10 Å². The molecule has 19 heavy (non-hydrogen) atoms. The summed E-state index contributed by atoms with van der Waals surface area (Å²) in [6.07, 6.45) is 4.52. The molecule has 1 heterocycles. The van der Waals surface area contributed by atoms with Gasteiger partial charge in [0.1, 0.15) is 0 Å². The van der Waals surface area contributed by atoms with Crippen LogP contribution < -0.4 is 0 Å². The number of likely N-dealkylation sites (N-methyl/N-ethyl adjacent to an activating group) is 1. The fraction of sp³-hybridized carbons (Fsp3) is 0.786. The van der Waals surface area contributed by atoms with Crippen molar-refractivity contribution in [3.05, 3.63) is 16.9 Å². The lowest BCUT2D eigenvalue weighted by atomic mass is 9.97. The first kappa shape index (κ1) is 14.8. The number of nitrogens with zero attached hydrogens (tertiary/aromatic N) is 3. The molecule has 1 aliphatic rings. The highest BCUT2D eigenvalue weighted by molar-refractivity contribution is 6.31. The van der Waals surface area contributed by atoms with Crippen molar-refractivity contribution < 1.29 is 5.11 Å². The molecule has 0 aliphatic heterocycles. The Morgan fingerprint density at radius 2 is 2.26 bits per heavy atom. The minimum atomic E-state index is -0.484. The molecule has 1 fully saturated rings. The predicted octanol–water partition coefficient (Wildman–Crippen LogP) is 2.57. The number of rotatable bonds is 5. The molecule has 2 rings (SSSR count). The minimum Gasteiger partial charge on any atom is -0.386 e. The fourth-order valence-electron chi connectivity index (χ4n) is 2.90. The summed E-state index contributed by atoms with van der Waals surface area (Å²) in [4.78, 5) is 2.10. The minimum absolute atomic E-state index is 0.322. The quantitative estimate of drug-likeness (QED) is 0.904. The van der Waals surface area contributed by atoms with Gasteiger partial charge >= 0.3 is 0 Å². The summed E-state index contributed by atoms with van der Waals surface area (Å²) in [6, 6.07) is 0. The van der Waals surface area contributed by atoms with E-state index in [9.17, 15) is 5.11 Å². The Morgan fingerprint density at radius 3 is 2.84 bits per heavy atom. The van der Waals surface area contributed by atoms with Crippen molar-refractivity contribution in [3.8, 4) is 0 Å². The zero-order valence-electron chi connectivity index (χ0n) is 12.0. The summed E-state index contributed by atoms with van der Waals surface area (Å²) in [6.45, 7) is 3.89. The van der Waals surface area contributed by atoms with Crippen molar-refractivity contribution >= 4 is 11.6 Å². The third-order valence-corrected chi connectivity index (χ3v) is 4.35. The molecule has 3 atom stereocenters. The van der Waals surface area contributed by atoms with Crippen LogP contribution in [-0.2, 0) is 6.54 Å². The van der Waals surface area contributed by atoms with E-state index in [0.717, 1.165) is 31.6 Å². The smallest absolute Gasteiger partial charge is 0.0999 e. The van der Waals surface area contributed by atoms with Crippen molar-refractivity contribution in [2.24, 2.45) is 11.8 Å². The van der Waals surface area contributed by atoms with Crippen LogP contribution in [0, 0.1) is 11.8 Å². The van der Waals surface area contributed by atoms with Crippen LogP contribution in [0.25, 0.3) is 0 Å². The molecule has 0 radical (unpaired) electrons. The third-order valence-electron chi connectivity index (χ3n) is 4.05. The third kappa shape index (κ3) is 3.50. The van der Waals surface area contributed by atoms with Crippen LogP contribution in [0.5, 0.6) is 0 Å². The van der Waals surface area contributed by atoms with Gasteiger partial charge in [0.15, 0.2) is 0 Å². The largest absolute Gasteiger partial charge is 0.386 e. The number of halogens is 1. The second-order valence-corrected chi connectivity index (χ2v) is 6.43. The fourth-order valence-corrected chi connectivity index (χ4v) is 3.15. The van der Waals surface area contributed by atoms with E-state index in [0.29, 0.717) is 16.9 Å². The van der Waals surface area contributed by atoms with Crippen LogP contribution in [0.1, 0.15) is 38.0 Å². The van der Waals surface area contributed by atoms with E-state index in [2.05, 4.69) is 16.9 Å². The highest BCUT2D eigenvalue weighted by Gasteiger charge is 2.31. The SMILES string of the molecule is CC1CCC(C(O)c2c(Cl)cnn2CCN(C)C)C1. The topological polar surface area (TPSA) is 41.3 Å². The Bertz CT molecular complexity index is 419. The van der Waals surface area contributed by atoms with Crippen molar-refractivity contribution in [3.63, 3.8) is 0 Å². The van der Waals surface area contributed by atoms with Crippen LogP contribution in [0.4, 0.5) is 0 Å². The summed E-state index contributed by atoms with van der Waals surface area (Å²) in [7, 11) is 4.06. The van der Waals surface area contributed by atoms with Crippen molar-refractivity contribution in [1.29, 1.82) is 0 Å². The van der Waals surface area contributed by atoms with Gasteiger partial charge in [0.25, 0.3) is 0 Å². The highest BCUT2D eigenvalue weighted by Crippen LogP contribution is 2.40. The first-order chi connectivity index (χ1) is 8.99. The molecule has 0 aromatic carbocycles. The summed E-state index contributed by atoms with van der Waals surface area (Å²) < 4.78 is 1.86. The summed E-state index contributed by atoms with van der Waals surface area (Å²) >= 11 is 6.21. The Balaban J connectivity index is 2.11. The lowest BCUT2D eigenvalue weighted by Crippen LogP contribution is -2.22. The lowest BCUT2D eigenvalue weighted by molar-refractivity contribution is 0.0996. The van der Waals surface area contributed by atoms with Gasteiger partial charge in [-0.25, -0.2) is 0 Å². The second kappa shape index (κ2) is 6.25.